The minimum atomic E-state index is 0.202. The number of anilines is 2. The van der Waals surface area contributed by atoms with Crippen molar-refractivity contribution in [2.24, 2.45) is 0 Å². The molecule has 0 aliphatic carbocycles. The molecule has 3 aromatic rings. The minimum Gasteiger partial charge on any atom is -0.490 e. The molecular weight excluding hydrogens is 436 g/mol. The summed E-state index contributed by atoms with van der Waals surface area (Å²) in [5.41, 5.74) is 2.73. The van der Waals surface area contributed by atoms with E-state index in [1.807, 2.05) is 18.2 Å². The van der Waals surface area contributed by atoms with E-state index in [0.29, 0.717) is 42.9 Å². The molecule has 0 radical (unpaired) electrons. The van der Waals surface area contributed by atoms with Gasteiger partial charge in [0, 0.05) is 25.1 Å². The topological polar surface area (TPSA) is 87.2 Å². The van der Waals surface area contributed by atoms with Crippen molar-refractivity contribution in [1.82, 2.24) is 14.9 Å². The van der Waals surface area contributed by atoms with Crippen LogP contribution in [0, 0.1) is 0 Å². The van der Waals surface area contributed by atoms with Crippen molar-refractivity contribution >= 4 is 22.4 Å². The van der Waals surface area contributed by atoms with Crippen LogP contribution >= 0.6 is 0 Å². The summed E-state index contributed by atoms with van der Waals surface area (Å²) in [6.45, 7) is 3.51. The number of hydrogen-bond donors (Lipinski definition) is 1. The summed E-state index contributed by atoms with van der Waals surface area (Å²) in [7, 11) is 3.79. The molecular formula is C25H30N4O5. The van der Waals surface area contributed by atoms with Gasteiger partial charge < -0.3 is 33.9 Å². The first kappa shape index (κ1) is 22.5. The van der Waals surface area contributed by atoms with Gasteiger partial charge in [-0.05, 0) is 50.6 Å². The standard InChI is InChI=1S/C25H30N4O5/c1-29-8-4-3-5-9-31-21-12-18-19(13-22(21)32-11-10-30-2)26-15-27-25(18)28-23-17(14-29)6-7-20-24(23)34-16-33-20/h6-7,12-13,15H,3-5,8-11,14,16H2,1-2H3,(H,26,27,28). The maximum absolute atomic E-state index is 6.17. The molecule has 34 heavy (non-hydrogen) atoms. The van der Waals surface area contributed by atoms with Crippen molar-refractivity contribution in [3.63, 3.8) is 0 Å². The normalized spacial score (nSPS) is 16.3. The van der Waals surface area contributed by atoms with Crippen molar-refractivity contribution in [3.05, 3.63) is 36.2 Å². The molecule has 1 aromatic heterocycles. The number of nitrogens with one attached hydrogen (secondary N) is 1. The van der Waals surface area contributed by atoms with E-state index in [0.717, 1.165) is 60.3 Å². The SMILES string of the molecule is COCCOc1cc2ncnc3c2cc1OCCCCCN(C)Cc1ccc2c(c1N3)OCO2. The second kappa shape index (κ2) is 10.3. The smallest absolute Gasteiger partial charge is 0.231 e. The van der Waals surface area contributed by atoms with Gasteiger partial charge in [-0.2, -0.15) is 0 Å². The zero-order valence-electron chi connectivity index (χ0n) is 19.6. The third-order valence-electron chi connectivity index (χ3n) is 6.00. The van der Waals surface area contributed by atoms with E-state index in [4.69, 9.17) is 23.7 Å². The Labute approximate surface area is 198 Å². The largest absolute Gasteiger partial charge is 0.490 e. The van der Waals surface area contributed by atoms with Gasteiger partial charge in [0.25, 0.3) is 0 Å². The second-order valence-corrected chi connectivity index (χ2v) is 8.49. The van der Waals surface area contributed by atoms with Crippen LogP contribution in [0.3, 0.4) is 0 Å². The highest BCUT2D eigenvalue weighted by atomic mass is 16.7. The lowest BCUT2D eigenvalue weighted by atomic mass is 10.1. The Kier molecular flexibility index (Phi) is 6.82. The Morgan fingerprint density at radius 3 is 2.88 bits per heavy atom. The van der Waals surface area contributed by atoms with Gasteiger partial charge in [0.15, 0.2) is 23.0 Å². The van der Waals surface area contributed by atoms with Gasteiger partial charge in [-0.3, -0.25) is 0 Å². The zero-order chi connectivity index (χ0) is 23.3. The quantitative estimate of drug-likeness (QED) is 0.571. The molecule has 2 bridgehead atoms. The van der Waals surface area contributed by atoms with Crippen LogP contribution in [-0.4, -0.2) is 62.2 Å². The van der Waals surface area contributed by atoms with Gasteiger partial charge in [0.1, 0.15) is 18.8 Å². The number of methoxy groups -OCH3 is 1. The van der Waals surface area contributed by atoms with Crippen LogP contribution in [0.4, 0.5) is 11.5 Å². The van der Waals surface area contributed by atoms with Crippen LogP contribution in [0.15, 0.2) is 30.6 Å². The maximum atomic E-state index is 6.17. The molecule has 9 nitrogen and oxygen atoms in total. The molecule has 9 heteroatoms. The minimum absolute atomic E-state index is 0.202. The number of hydrogen-bond acceptors (Lipinski definition) is 9. The average molecular weight is 467 g/mol. The number of aromatic nitrogens is 2. The molecule has 0 spiro atoms. The van der Waals surface area contributed by atoms with Crippen LogP contribution in [0.1, 0.15) is 24.8 Å². The van der Waals surface area contributed by atoms with Gasteiger partial charge in [-0.25, -0.2) is 9.97 Å². The molecule has 0 saturated heterocycles. The molecule has 1 N–H and O–H groups in total. The summed E-state index contributed by atoms with van der Waals surface area (Å²) in [6, 6.07) is 7.91. The Balaban J connectivity index is 1.59. The highest BCUT2D eigenvalue weighted by Gasteiger charge is 2.23. The molecule has 180 valence electrons. The predicted octanol–water partition coefficient (Wildman–Crippen LogP) is 4.12. The highest BCUT2D eigenvalue weighted by molar-refractivity contribution is 5.94. The van der Waals surface area contributed by atoms with E-state index in [2.05, 4.69) is 33.3 Å². The molecule has 0 saturated carbocycles. The number of rotatable bonds is 4. The molecule has 0 unspecified atom stereocenters. The van der Waals surface area contributed by atoms with Gasteiger partial charge in [-0.1, -0.05) is 6.07 Å². The van der Waals surface area contributed by atoms with Crippen LogP contribution in [-0.2, 0) is 11.3 Å². The summed E-state index contributed by atoms with van der Waals surface area (Å²) in [4.78, 5) is 11.4. The molecule has 2 aliphatic rings. The van der Waals surface area contributed by atoms with Gasteiger partial charge in [0.05, 0.1) is 24.4 Å². The first-order valence-corrected chi connectivity index (χ1v) is 11.6. The Hall–Kier alpha value is -3.30. The van der Waals surface area contributed by atoms with E-state index in [1.165, 1.54) is 0 Å². The molecule has 2 aliphatic heterocycles. The summed E-state index contributed by atoms with van der Waals surface area (Å²) in [5, 5.41) is 4.36. The van der Waals surface area contributed by atoms with Crippen molar-refractivity contribution in [3.8, 4) is 23.0 Å². The number of nitrogens with zero attached hydrogens (tertiary/aromatic N) is 3. The fourth-order valence-electron chi connectivity index (χ4n) is 4.24. The molecule has 5 rings (SSSR count). The zero-order valence-corrected chi connectivity index (χ0v) is 19.6. The lowest BCUT2D eigenvalue weighted by Crippen LogP contribution is -2.20. The number of fused-ring (bicyclic) bond motifs is 4. The van der Waals surface area contributed by atoms with Gasteiger partial charge in [-0.15, -0.1) is 0 Å². The fraction of sp³-hybridized carbons (Fsp3) is 0.440. The summed E-state index contributed by atoms with van der Waals surface area (Å²) >= 11 is 0. The van der Waals surface area contributed by atoms with Crippen LogP contribution in [0.2, 0.25) is 0 Å². The predicted molar refractivity (Wildman–Crippen MR) is 128 cm³/mol. The summed E-state index contributed by atoms with van der Waals surface area (Å²) in [6.07, 6.45) is 4.69. The molecule has 0 amide bonds. The lowest BCUT2D eigenvalue weighted by Gasteiger charge is -2.20. The van der Waals surface area contributed by atoms with Gasteiger partial charge in [0.2, 0.25) is 6.79 Å². The molecule has 2 aromatic carbocycles. The Bertz CT molecular complexity index is 1160. The molecule has 3 heterocycles. The van der Waals surface area contributed by atoms with E-state index < -0.39 is 0 Å². The van der Waals surface area contributed by atoms with Crippen LogP contribution in [0.25, 0.3) is 10.9 Å². The maximum Gasteiger partial charge on any atom is 0.231 e. The highest BCUT2D eigenvalue weighted by Crippen LogP contribution is 2.44. The number of benzene rings is 2. The third-order valence-corrected chi connectivity index (χ3v) is 6.00. The van der Waals surface area contributed by atoms with Crippen molar-refractivity contribution in [1.29, 1.82) is 0 Å². The number of ether oxygens (including phenoxy) is 5. The Morgan fingerprint density at radius 1 is 1.03 bits per heavy atom. The second-order valence-electron chi connectivity index (χ2n) is 8.49. The first-order chi connectivity index (χ1) is 16.7. The van der Waals surface area contributed by atoms with Crippen molar-refractivity contribution in [2.75, 3.05) is 52.6 Å². The first-order valence-electron chi connectivity index (χ1n) is 11.6. The third kappa shape index (κ3) is 4.80. The summed E-state index contributed by atoms with van der Waals surface area (Å²) < 4.78 is 28.7. The van der Waals surface area contributed by atoms with E-state index in [1.54, 1.807) is 13.4 Å². The van der Waals surface area contributed by atoms with Crippen LogP contribution < -0.4 is 24.3 Å². The van der Waals surface area contributed by atoms with Crippen molar-refractivity contribution < 1.29 is 23.7 Å². The van der Waals surface area contributed by atoms with E-state index >= 15 is 0 Å². The van der Waals surface area contributed by atoms with Crippen molar-refractivity contribution in [2.45, 2.75) is 25.8 Å². The molecule has 0 atom stereocenters. The summed E-state index contributed by atoms with van der Waals surface area (Å²) in [5.74, 6) is 3.42. The van der Waals surface area contributed by atoms with E-state index in [-0.39, 0.29) is 6.79 Å². The Morgan fingerprint density at radius 2 is 1.97 bits per heavy atom. The monoisotopic (exact) mass is 466 g/mol. The molecule has 0 fully saturated rings. The average Bonchev–Trinajstić information content (AvgIpc) is 3.32. The van der Waals surface area contributed by atoms with Gasteiger partial charge >= 0.3 is 0 Å². The van der Waals surface area contributed by atoms with E-state index in [9.17, 15) is 0 Å². The fourth-order valence-corrected chi connectivity index (χ4v) is 4.24. The lowest BCUT2D eigenvalue weighted by molar-refractivity contribution is 0.143. The van der Waals surface area contributed by atoms with Crippen LogP contribution in [0.5, 0.6) is 23.0 Å².